The molecule has 3 nitrogen and oxygen atoms in total. The molecule has 2 atom stereocenters. The Morgan fingerprint density at radius 3 is 2.50 bits per heavy atom. The lowest BCUT2D eigenvalue weighted by molar-refractivity contribution is -0.0854. The predicted octanol–water partition coefficient (Wildman–Crippen LogP) is 1.05. The molecule has 14 heavy (non-hydrogen) atoms. The van der Waals surface area contributed by atoms with Crippen molar-refractivity contribution in [2.75, 3.05) is 26.7 Å². The minimum atomic E-state index is -0.0549. The molecular formula is C11H22N2O. The van der Waals surface area contributed by atoms with E-state index in [4.69, 9.17) is 4.74 Å². The minimum absolute atomic E-state index is 0.0549. The normalized spacial score (nSPS) is 41.8. The molecule has 2 aliphatic heterocycles. The van der Waals surface area contributed by atoms with Crippen LogP contribution >= 0.6 is 0 Å². The highest BCUT2D eigenvalue weighted by atomic mass is 16.5. The molecule has 2 heterocycles. The smallest absolute Gasteiger partial charge is 0.119 e. The SMILES string of the molecule is CC1CNC(C)(C2CCN(C)CC2)O1. The van der Waals surface area contributed by atoms with Crippen molar-refractivity contribution in [3.63, 3.8) is 0 Å². The second-order valence-corrected chi connectivity index (χ2v) is 4.99. The molecule has 0 amide bonds. The molecule has 2 unspecified atom stereocenters. The Labute approximate surface area is 86.8 Å². The van der Waals surface area contributed by atoms with E-state index in [1.807, 2.05) is 0 Å². The van der Waals surface area contributed by atoms with Crippen LogP contribution in [0.4, 0.5) is 0 Å². The van der Waals surface area contributed by atoms with E-state index in [9.17, 15) is 0 Å². The van der Waals surface area contributed by atoms with Crippen molar-refractivity contribution in [3.05, 3.63) is 0 Å². The highest BCUT2D eigenvalue weighted by Gasteiger charge is 2.41. The van der Waals surface area contributed by atoms with E-state index in [1.165, 1.54) is 25.9 Å². The number of nitrogens with zero attached hydrogens (tertiary/aromatic N) is 1. The summed E-state index contributed by atoms with van der Waals surface area (Å²) in [5, 5.41) is 3.53. The van der Waals surface area contributed by atoms with Crippen molar-refractivity contribution in [1.29, 1.82) is 0 Å². The van der Waals surface area contributed by atoms with Gasteiger partial charge in [0.25, 0.3) is 0 Å². The second kappa shape index (κ2) is 3.80. The van der Waals surface area contributed by atoms with Gasteiger partial charge in [-0.05, 0) is 46.8 Å². The van der Waals surface area contributed by atoms with E-state index >= 15 is 0 Å². The van der Waals surface area contributed by atoms with E-state index in [0.29, 0.717) is 12.0 Å². The summed E-state index contributed by atoms with van der Waals surface area (Å²) in [5.41, 5.74) is -0.0549. The van der Waals surface area contributed by atoms with Crippen molar-refractivity contribution < 1.29 is 4.74 Å². The third kappa shape index (κ3) is 1.95. The van der Waals surface area contributed by atoms with Crippen LogP contribution in [0.2, 0.25) is 0 Å². The molecule has 2 fully saturated rings. The third-order valence-corrected chi connectivity index (χ3v) is 3.68. The quantitative estimate of drug-likeness (QED) is 0.681. The molecule has 0 aliphatic carbocycles. The molecule has 82 valence electrons. The van der Waals surface area contributed by atoms with Gasteiger partial charge >= 0.3 is 0 Å². The summed E-state index contributed by atoms with van der Waals surface area (Å²) in [6.45, 7) is 7.78. The summed E-state index contributed by atoms with van der Waals surface area (Å²) in [7, 11) is 2.20. The first-order valence-corrected chi connectivity index (χ1v) is 5.71. The third-order valence-electron chi connectivity index (χ3n) is 3.68. The fraction of sp³-hybridized carbons (Fsp3) is 1.00. The van der Waals surface area contributed by atoms with E-state index in [-0.39, 0.29) is 5.72 Å². The molecule has 0 aromatic carbocycles. The van der Waals surface area contributed by atoms with Crippen LogP contribution in [0.5, 0.6) is 0 Å². The van der Waals surface area contributed by atoms with Crippen LogP contribution in [0.25, 0.3) is 0 Å². The largest absolute Gasteiger partial charge is 0.356 e. The maximum absolute atomic E-state index is 5.99. The lowest BCUT2D eigenvalue weighted by atomic mass is 9.88. The zero-order valence-corrected chi connectivity index (χ0v) is 9.55. The average Bonchev–Trinajstić information content (AvgIpc) is 2.48. The van der Waals surface area contributed by atoms with Gasteiger partial charge in [-0.2, -0.15) is 0 Å². The van der Waals surface area contributed by atoms with E-state index in [1.54, 1.807) is 0 Å². The summed E-state index contributed by atoms with van der Waals surface area (Å²) < 4.78 is 5.99. The number of likely N-dealkylation sites (tertiary alicyclic amines) is 1. The monoisotopic (exact) mass is 198 g/mol. The maximum Gasteiger partial charge on any atom is 0.119 e. The number of piperidine rings is 1. The second-order valence-electron chi connectivity index (χ2n) is 4.99. The Bertz CT molecular complexity index is 201. The average molecular weight is 198 g/mol. The summed E-state index contributed by atoms with van der Waals surface area (Å²) in [4.78, 5) is 2.40. The number of hydrogen-bond donors (Lipinski definition) is 1. The van der Waals surface area contributed by atoms with Crippen LogP contribution in [-0.4, -0.2) is 43.4 Å². The number of rotatable bonds is 1. The first kappa shape index (κ1) is 10.4. The number of hydrogen-bond acceptors (Lipinski definition) is 3. The van der Waals surface area contributed by atoms with Crippen LogP contribution in [0.3, 0.4) is 0 Å². The summed E-state index contributed by atoms with van der Waals surface area (Å²) in [5.74, 6) is 0.684. The van der Waals surface area contributed by atoms with Crippen LogP contribution in [0.15, 0.2) is 0 Å². The van der Waals surface area contributed by atoms with Crippen LogP contribution in [0, 0.1) is 5.92 Å². The van der Waals surface area contributed by atoms with Crippen LogP contribution in [0.1, 0.15) is 26.7 Å². The molecule has 0 bridgehead atoms. The molecule has 2 aliphatic rings. The van der Waals surface area contributed by atoms with E-state index < -0.39 is 0 Å². The molecule has 2 rings (SSSR count). The molecule has 0 aromatic rings. The molecule has 2 saturated heterocycles. The standard InChI is InChI=1S/C11H22N2O/c1-9-8-12-11(2,14-9)10-4-6-13(3)7-5-10/h9-10,12H,4-8H2,1-3H3. The molecule has 0 radical (unpaired) electrons. The van der Waals surface area contributed by atoms with Crippen LogP contribution in [-0.2, 0) is 4.74 Å². The minimum Gasteiger partial charge on any atom is -0.356 e. The van der Waals surface area contributed by atoms with Crippen molar-refractivity contribution in [1.82, 2.24) is 10.2 Å². The van der Waals surface area contributed by atoms with E-state index in [2.05, 4.69) is 31.1 Å². The van der Waals surface area contributed by atoms with Gasteiger partial charge in [-0.15, -0.1) is 0 Å². The van der Waals surface area contributed by atoms with Gasteiger partial charge in [0.2, 0.25) is 0 Å². The van der Waals surface area contributed by atoms with Crippen LogP contribution < -0.4 is 5.32 Å². The Hall–Kier alpha value is -0.120. The first-order valence-electron chi connectivity index (χ1n) is 5.71. The molecule has 3 heteroatoms. The van der Waals surface area contributed by atoms with E-state index in [0.717, 1.165) is 6.54 Å². The Morgan fingerprint density at radius 1 is 1.36 bits per heavy atom. The summed E-state index contributed by atoms with van der Waals surface area (Å²) in [6.07, 6.45) is 2.89. The van der Waals surface area contributed by atoms with Crippen molar-refractivity contribution in [3.8, 4) is 0 Å². The number of nitrogens with one attached hydrogen (secondary N) is 1. The molecule has 0 spiro atoms. The van der Waals surface area contributed by atoms with Gasteiger partial charge in [-0.1, -0.05) is 0 Å². The molecule has 1 N–H and O–H groups in total. The zero-order valence-electron chi connectivity index (χ0n) is 9.55. The van der Waals surface area contributed by atoms with Gasteiger partial charge in [0, 0.05) is 12.5 Å². The highest BCUT2D eigenvalue weighted by Crippen LogP contribution is 2.32. The molecular weight excluding hydrogens is 176 g/mol. The molecule has 0 saturated carbocycles. The molecule has 0 aromatic heterocycles. The van der Waals surface area contributed by atoms with Crippen molar-refractivity contribution >= 4 is 0 Å². The van der Waals surface area contributed by atoms with Gasteiger partial charge < -0.3 is 9.64 Å². The lowest BCUT2D eigenvalue weighted by Crippen LogP contribution is -2.49. The van der Waals surface area contributed by atoms with Gasteiger partial charge in [0.15, 0.2) is 0 Å². The zero-order chi connectivity index (χ0) is 10.2. The van der Waals surface area contributed by atoms with Gasteiger partial charge in [-0.3, -0.25) is 5.32 Å². The predicted molar refractivity (Wildman–Crippen MR) is 57.2 cm³/mol. The Morgan fingerprint density at radius 2 is 2.00 bits per heavy atom. The topological polar surface area (TPSA) is 24.5 Å². The fourth-order valence-corrected chi connectivity index (χ4v) is 2.65. The lowest BCUT2D eigenvalue weighted by Gasteiger charge is -2.39. The van der Waals surface area contributed by atoms with Crippen molar-refractivity contribution in [2.24, 2.45) is 5.92 Å². The fourth-order valence-electron chi connectivity index (χ4n) is 2.65. The summed E-state index contributed by atoms with van der Waals surface area (Å²) >= 11 is 0. The van der Waals surface area contributed by atoms with Gasteiger partial charge in [0.05, 0.1) is 6.10 Å². The number of ether oxygens (including phenoxy) is 1. The maximum atomic E-state index is 5.99. The van der Waals surface area contributed by atoms with Gasteiger partial charge in [0.1, 0.15) is 5.72 Å². The summed E-state index contributed by atoms with van der Waals surface area (Å²) in [6, 6.07) is 0. The van der Waals surface area contributed by atoms with Crippen molar-refractivity contribution in [2.45, 2.75) is 38.5 Å². The van der Waals surface area contributed by atoms with Gasteiger partial charge in [-0.25, -0.2) is 0 Å². The Kier molecular flexibility index (Phi) is 2.82. The Balaban J connectivity index is 1.94. The first-order chi connectivity index (χ1) is 6.60. The highest BCUT2D eigenvalue weighted by molar-refractivity contribution is 4.90.